The molecule has 1 saturated heterocycles. The summed E-state index contributed by atoms with van der Waals surface area (Å²) in [7, 11) is 0. The molecule has 21 heavy (non-hydrogen) atoms. The van der Waals surface area contributed by atoms with E-state index in [9.17, 15) is 0 Å². The van der Waals surface area contributed by atoms with E-state index in [1.165, 1.54) is 0 Å². The minimum absolute atomic E-state index is 0.00884. The molecule has 6 heteroatoms. The minimum Gasteiger partial charge on any atom is -0.289 e. The van der Waals surface area contributed by atoms with Crippen LogP contribution in [0.4, 0.5) is 0 Å². The Balaban J connectivity index is 1.88. The van der Waals surface area contributed by atoms with Crippen molar-refractivity contribution in [3.05, 3.63) is 60.2 Å². The number of thioether (sulfide) groups is 1. The van der Waals surface area contributed by atoms with Crippen LogP contribution in [0, 0.1) is 0 Å². The molecule has 0 spiro atoms. The molecule has 1 aliphatic rings. The number of hydrazine groups is 1. The van der Waals surface area contributed by atoms with Gasteiger partial charge in [-0.3, -0.25) is 20.0 Å². The highest BCUT2D eigenvalue weighted by atomic mass is 32.2. The predicted octanol–water partition coefficient (Wildman–Crippen LogP) is 2.04. The van der Waals surface area contributed by atoms with Crippen LogP contribution in [0.2, 0.25) is 0 Å². The van der Waals surface area contributed by atoms with E-state index in [0.29, 0.717) is 0 Å². The molecule has 108 valence electrons. The Labute approximate surface area is 128 Å². The first-order valence-electron chi connectivity index (χ1n) is 6.85. The molecule has 5 nitrogen and oxygen atoms in total. The summed E-state index contributed by atoms with van der Waals surface area (Å²) in [5.74, 6) is 6.94. The van der Waals surface area contributed by atoms with Crippen molar-refractivity contribution in [1.82, 2.24) is 15.0 Å². The molecule has 0 bridgehead atoms. The summed E-state index contributed by atoms with van der Waals surface area (Å²) < 4.78 is 0. The second-order valence-corrected chi connectivity index (χ2v) is 5.84. The van der Waals surface area contributed by atoms with Crippen LogP contribution in [0.5, 0.6) is 0 Å². The number of nitrogens with two attached hydrogens (primary N) is 1. The normalized spacial score (nSPS) is 18.1. The SMILES string of the molecule is NN1CCS/C1=N\C(Cc1cnccn1)c1ccccc1. The van der Waals surface area contributed by atoms with Gasteiger partial charge in [0.15, 0.2) is 5.17 Å². The third kappa shape index (κ3) is 3.59. The van der Waals surface area contributed by atoms with Gasteiger partial charge in [0.1, 0.15) is 0 Å². The molecule has 1 aliphatic heterocycles. The van der Waals surface area contributed by atoms with E-state index >= 15 is 0 Å². The summed E-state index contributed by atoms with van der Waals surface area (Å²) in [6, 6.07) is 10.3. The molecule has 3 rings (SSSR count). The summed E-state index contributed by atoms with van der Waals surface area (Å²) >= 11 is 1.70. The first-order valence-corrected chi connectivity index (χ1v) is 7.84. The Bertz CT molecular complexity index is 602. The smallest absolute Gasteiger partial charge is 0.174 e. The van der Waals surface area contributed by atoms with Crippen LogP contribution >= 0.6 is 11.8 Å². The van der Waals surface area contributed by atoms with Gasteiger partial charge in [0.2, 0.25) is 0 Å². The molecule has 2 heterocycles. The predicted molar refractivity (Wildman–Crippen MR) is 85.7 cm³/mol. The van der Waals surface area contributed by atoms with E-state index in [1.807, 2.05) is 18.2 Å². The van der Waals surface area contributed by atoms with Crippen molar-refractivity contribution in [2.45, 2.75) is 12.5 Å². The average Bonchev–Trinajstić information content (AvgIpc) is 2.94. The number of aromatic nitrogens is 2. The van der Waals surface area contributed by atoms with Crippen LogP contribution in [-0.2, 0) is 6.42 Å². The molecule has 1 aromatic heterocycles. The Morgan fingerprint density at radius 2 is 2.14 bits per heavy atom. The lowest BCUT2D eigenvalue weighted by Gasteiger charge is -2.16. The molecule has 0 radical (unpaired) electrons. The number of benzene rings is 1. The first kappa shape index (κ1) is 14.0. The molecule has 2 aromatic rings. The minimum atomic E-state index is 0.00884. The largest absolute Gasteiger partial charge is 0.289 e. The third-order valence-corrected chi connectivity index (χ3v) is 4.26. The first-order chi connectivity index (χ1) is 10.3. The number of hydrogen-bond acceptors (Lipinski definition) is 5. The highest BCUT2D eigenvalue weighted by Crippen LogP contribution is 2.25. The molecule has 2 N–H and O–H groups in total. The van der Waals surface area contributed by atoms with Crippen molar-refractivity contribution in [3.63, 3.8) is 0 Å². The summed E-state index contributed by atoms with van der Waals surface area (Å²) in [4.78, 5) is 13.3. The standard InChI is InChI=1S/C15H17N5S/c16-20-8-9-21-15(20)19-14(12-4-2-1-3-5-12)10-13-11-17-6-7-18-13/h1-7,11,14H,8-10,16H2/b19-15-. The van der Waals surface area contributed by atoms with Crippen LogP contribution in [-0.4, -0.2) is 32.4 Å². The van der Waals surface area contributed by atoms with Crippen molar-refractivity contribution in [2.75, 3.05) is 12.3 Å². The Hall–Kier alpha value is -1.92. The average molecular weight is 299 g/mol. The number of amidine groups is 1. The van der Waals surface area contributed by atoms with Crippen LogP contribution in [0.1, 0.15) is 17.3 Å². The highest BCUT2D eigenvalue weighted by Gasteiger charge is 2.20. The highest BCUT2D eigenvalue weighted by molar-refractivity contribution is 8.14. The topological polar surface area (TPSA) is 67.4 Å². The number of aliphatic imine (C=N–C) groups is 1. The molecule has 1 aromatic carbocycles. The zero-order valence-corrected chi connectivity index (χ0v) is 12.4. The molecule has 0 aliphatic carbocycles. The van der Waals surface area contributed by atoms with Gasteiger partial charge >= 0.3 is 0 Å². The van der Waals surface area contributed by atoms with Crippen molar-refractivity contribution < 1.29 is 0 Å². The van der Waals surface area contributed by atoms with E-state index in [-0.39, 0.29) is 6.04 Å². The quantitative estimate of drug-likeness (QED) is 0.875. The molecule has 1 fully saturated rings. The molecular formula is C15H17N5S. The van der Waals surface area contributed by atoms with Gasteiger partial charge in [-0.1, -0.05) is 42.1 Å². The van der Waals surface area contributed by atoms with Gasteiger partial charge in [0.05, 0.1) is 11.7 Å². The number of rotatable bonds is 4. The van der Waals surface area contributed by atoms with E-state index in [0.717, 1.165) is 35.1 Å². The van der Waals surface area contributed by atoms with Crippen molar-refractivity contribution in [3.8, 4) is 0 Å². The summed E-state index contributed by atoms with van der Waals surface area (Å²) in [5, 5.41) is 2.62. The lowest BCUT2D eigenvalue weighted by atomic mass is 10.0. The van der Waals surface area contributed by atoms with Gasteiger partial charge in [0.25, 0.3) is 0 Å². The Morgan fingerprint density at radius 1 is 1.29 bits per heavy atom. The van der Waals surface area contributed by atoms with Gasteiger partial charge < -0.3 is 0 Å². The summed E-state index contributed by atoms with van der Waals surface area (Å²) in [6.45, 7) is 0.843. The van der Waals surface area contributed by atoms with Gasteiger partial charge in [-0.2, -0.15) is 0 Å². The zero-order valence-electron chi connectivity index (χ0n) is 11.6. The molecule has 1 unspecified atom stereocenters. The van der Waals surface area contributed by atoms with Gasteiger partial charge in [-0.05, 0) is 5.56 Å². The lowest BCUT2D eigenvalue weighted by Crippen LogP contribution is -2.32. The van der Waals surface area contributed by atoms with Gasteiger partial charge in [-0.15, -0.1) is 0 Å². The van der Waals surface area contributed by atoms with Crippen LogP contribution in [0.25, 0.3) is 0 Å². The lowest BCUT2D eigenvalue weighted by molar-refractivity contribution is 0.483. The molecule has 1 atom stereocenters. The van der Waals surface area contributed by atoms with Gasteiger partial charge in [-0.25, -0.2) is 5.84 Å². The number of hydrogen-bond donors (Lipinski definition) is 1. The molecular weight excluding hydrogens is 282 g/mol. The fourth-order valence-corrected chi connectivity index (χ4v) is 3.13. The summed E-state index contributed by atoms with van der Waals surface area (Å²) in [5.41, 5.74) is 2.10. The van der Waals surface area contributed by atoms with Crippen LogP contribution in [0.3, 0.4) is 0 Å². The monoisotopic (exact) mass is 299 g/mol. The van der Waals surface area contributed by atoms with Crippen LogP contribution in [0.15, 0.2) is 53.9 Å². The fourth-order valence-electron chi connectivity index (χ4n) is 2.21. The van der Waals surface area contributed by atoms with E-state index < -0.39 is 0 Å². The van der Waals surface area contributed by atoms with Crippen LogP contribution < -0.4 is 5.84 Å². The zero-order chi connectivity index (χ0) is 14.5. The Kier molecular flexibility index (Phi) is 4.47. The van der Waals surface area contributed by atoms with Crippen molar-refractivity contribution in [1.29, 1.82) is 0 Å². The fraction of sp³-hybridized carbons (Fsp3) is 0.267. The number of nitrogens with zero attached hydrogens (tertiary/aromatic N) is 4. The third-order valence-electron chi connectivity index (χ3n) is 3.28. The molecule has 0 amide bonds. The maximum atomic E-state index is 5.95. The van der Waals surface area contributed by atoms with E-state index in [4.69, 9.17) is 10.8 Å². The van der Waals surface area contributed by atoms with Gasteiger partial charge in [0, 0.05) is 37.3 Å². The second kappa shape index (κ2) is 6.69. The van der Waals surface area contributed by atoms with E-state index in [2.05, 4.69) is 22.1 Å². The van der Waals surface area contributed by atoms with E-state index in [1.54, 1.807) is 35.4 Å². The molecule has 0 saturated carbocycles. The maximum Gasteiger partial charge on any atom is 0.174 e. The van der Waals surface area contributed by atoms with Crippen molar-refractivity contribution >= 4 is 16.9 Å². The Morgan fingerprint density at radius 3 is 2.81 bits per heavy atom. The van der Waals surface area contributed by atoms with Crippen molar-refractivity contribution in [2.24, 2.45) is 10.8 Å². The second-order valence-electron chi connectivity index (χ2n) is 4.78. The summed E-state index contributed by atoms with van der Waals surface area (Å²) in [6.07, 6.45) is 5.90. The maximum absolute atomic E-state index is 5.95.